The predicted octanol–water partition coefficient (Wildman–Crippen LogP) is 2.85. The molecule has 0 atom stereocenters. The standard InChI is InChI=1S/C18H17N3O3/c1-13-16(17(24-21-13)14-6-3-2-4-7-14)18(22)20-10-11-23-15-8-5-9-19-12-15/h2-9,12H,10-11H2,1H3,(H,20,22). The van der Waals surface area contributed by atoms with Crippen LogP contribution in [0.5, 0.6) is 5.75 Å². The number of hydrogen-bond donors (Lipinski definition) is 1. The van der Waals surface area contributed by atoms with Crippen LogP contribution in [-0.2, 0) is 0 Å². The van der Waals surface area contributed by atoms with Crippen LogP contribution in [0, 0.1) is 6.92 Å². The summed E-state index contributed by atoms with van der Waals surface area (Å²) in [6, 6.07) is 13.0. The van der Waals surface area contributed by atoms with E-state index in [1.807, 2.05) is 36.4 Å². The molecule has 1 amide bonds. The highest BCUT2D eigenvalue weighted by Crippen LogP contribution is 2.25. The van der Waals surface area contributed by atoms with Crippen LogP contribution in [-0.4, -0.2) is 29.2 Å². The van der Waals surface area contributed by atoms with Gasteiger partial charge in [-0.2, -0.15) is 0 Å². The third-order valence-electron chi connectivity index (χ3n) is 3.42. The summed E-state index contributed by atoms with van der Waals surface area (Å²) < 4.78 is 10.8. The van der Waals surface area contributed by atoms with Crippen molar-refractivity contribution in [2.45, 2.75) is 6.92 Å². The molecule has 3 rings (SSSR count). The van der Waals surface area contributed by atoms with Gasteiger partial charge in [-0.25, -0.2) is 0 Å². The van der Waals surface area contributed by atoms with Gasteiger partial charge in [0.15, 0.2) is 5.76 Å². The molecule has 0 bridgehead atoms. The van der Waals surface area contributed by atoms with Gasteiger partial charge in [0.2, 0.25) is 0 Å². The van der Waals surface area contributed by atoms with E-state index in [2.05, 4.69) is 15.5 Å². The monoisotopic (exact) mass is 323 g/mol. The van der Waals surface area contributed by atoms with Crippen LogP contribution in [0.3, 0.4) is 0 Å². The topological polar surface area (TPSA) is 77.2 Å². The van der Waals surface area contributed by atoms with E-state index in [0.29, 0.717) is 35.9 Å². The van der Waals surface area contributed by atoms with Gasteiger partial charge in [0.25, 0.3) is 5.91 Å². The molecule has 1 N–H and O–H groups in total. The Hall–Kier alpha value is -3.15. The first-order valence-corrected chi connectivity index (χ1v) is 7.58. The van der Waals surface area contributed by atoms with Crippen molar-refractivity contribution in [1.82, 2.24) is 15.5 Å². The van der Waals surface area contributed by atoms with E-state index in [4.69, 9.17) is 9.26 Å². The van der Waals surface area contributed by atoms with E-state index < -0.39 is 0 Å². The van der Waals surface area contributed by atoms with Gasteiger partial charge >= 0.3 is 0 Å². The Morgan fingerprint density at radius 2 is 2.04 bits per heavy atom. The highest BCUT2D eigenvalue weighted by molar-refractivity contribution is 6.00. The van der Waals surface area contributed by atoms with Gasteiger partial charge in [0.1, 0.15) is 17.9 Å². The quantitative estimate of drug-likeness (QED) is 0.706. The number of ether oxygens (including phenoxy) is 1. The second-order valence-electron chi connectivity index (χ2n) is 5.13. The molecule has 0 unspecified atom stereocenters. The van der Waals surface area contributed by atoms with Crippen molar-refractivity contribution in [3.63, 3.8) is 0 Å². The molecule has 2 aromatic heterocycles. The molecule has 0 aliphatic carbocycles. The Kier molecular flexibility index (Phi) is 4.86. The summed E-state index contributed by atoms with van der Waals surface area (Å²) in [5.41, 5.74) is 1.82. The van der Waals surface area contributed by atoms with Crippen LogP contribution in [0.2, 0.25) is 0 Å². The fourth-order valence-corrected chi connectivity index (χ4v) is 2.28. The van der Waals surface area contributed by atoms with Crippen LogP contribution in [0.25, 0.3) is 11.3 Å². The minimum Gasteiger partial charge on any atom is -0.490 e. The zero-order valence-electron chi connectivity index (χ0n) is 13.2. The molecular formula is C18H17N3O3. The Morgan fingerprint density at radius 3 is 2.79 bits per heavy atom. The Morgan fingerprint density at radius 1 is 1.21 bits per heavy atom. The second-order valence-corrected chi connectivity index (χ2v) is 5.13. The van der Waals surface area contributed by atoms with Gasteiger partial charge in [-0.15, -0.1) is 0 Å². The SMILES string of the molecule is Cc1noc(-c2ccccc2)c1C(=O)NCCOc1cccnc1. The molecule has 24 heavy (non-hydrogen) atoms. The van der Waals surface area contributed by atoms with Crippen LogP contribution in [0.1, 0.15) is 16.1 Å². The first-order chi connectivity index (χ1) is 11.8. The Balaban J connectivity index is 1.62. The van der Waals surface area contributed by atoms with Crippen molar-refractivity contribution in [3.05, 3.63) is 66.1 Å². The lowest BCUT2D eigenvalue weighted by Crippen LogP contribution is -2.28. The molecule has 3 aromatic rings. The van der Waals surface area contributed by atoms with Gasteiger partial charge in [0, 0.05) is 11.8 Å². The number of hydrogen-bond acceptors (Lipinski definition) is 5. The number of rotatable bonds is 6. The number of aromatic nitrogens is 2. The first kappa shape index (κ1) is 15.7. The van der Waals surface area contributed by atoms with Gasteiger partial charge < -0.3 is 14.6 Å². The molecule has 2 heterocycles. The summed E-state index contributed by atoms with van der Waals surface area (Å²) in [4.78, 5) is 16.4. The van der Waals surface area contributed by atoms with Crippen molar-refractivity contribution in [2.75, 3.05) is 13.2 Å². The van der Waals surface area contributed by atoms with Crippen LogP contribution in [0.4, 0.5) is 0 Å². The maximum Gasteiger partial charge on any atom is 0.257 e. The van der Waals surface area contributed by atoms with Crippen molar-refractivity contribution < 1.29 is 14.1 Å². The molecule has 0 spiro atoms. The molecule has 0 saturated heterocycles. The molecule has 0 saturated carbocycles. The molecule has 0 radical (unpaired) electrons. The number of benzene rings is 1. The maximum absolute atomic E-state index is 12.5. The van der Waals surface area contributed by atoms with Gasteiger partial charge in [0.05, 0.1) is 18.4 Å². The minimum atomic E-state index is -0.234. The number of amides is 1. The maximum atomic E-state index is 12.5. The Bertz CT molecular complexity index is 801. The highest BCUT2D eigenvalue weighted by atomic mass is 16.5. The van der Waals surface area contributed by atoms with E-state index in [-0.39, 0.29) is 5.91 Å². The molecule has 1 aromatic carbocycles. The lowest BCUT2D eigenvalue weighted by molar-refractivity contribution is 0.0946. The third kappa shape index (κ3) is 3.60. The summed E-state index contributed by atoms with van der Waals surface area (Å²) in [7, 11) is 0. The molecule has 0 aliphatic rings. The van der Waals surface area contributed by atoms with Crippen LogP contribution in [0.15, 0.2) is 59.4 Å². The van der Waals surface area contributed by atoms with Gasteiger partial charge in [-0.05, 0) is 19.1 Å². The third-order valence-corrected chi connectivity index (χ3v) is 3.42. The highest BCUT2D eigenvalue weighted by Gasteiger charge is 2.21. The number of nitrogens with one attached hydrogen (secondary N) is 1. The Labute approximate surface area is 139 Å². The largest absolute Gasteiger partial charge is 0.490 e. The van der Waals surface area contributed by atoms with E-state index >= 15 is 0 Å². The number of pyridine rings is 1. The van der Waals surface area contributed by atoms with E-state index in [1.165, 1.54) is 0 Å². The normalized spacial score (nSPS) is 10.4. The van der Waals surface area contributed by atoms with Crippen molar-refractivity contribution in [2.24, 2.45) is 0 Å². The van der Waals surface area contributed by atoms with E-state index in [1.54, 1.807) is 25.4 Å². The molecular weight excluding hydrogens is 306 g/mol. The van der Waals surface area contributed by atoms with Crippen molar-refractivity contribution in [1.29, 1.82) is 0 Å². The minimum absolute atomic E-state index is 0.234. The van der Waals surface area contributed by atoms with E-state index in [0.717, 1.165) is 5.56 Å². The lowest BCUT2D eigenvalue weighted by atomic mass is 10.1. The van der Waals surface area contributed by atoms with E-state index in [9.17, 15) is 4.79 Å². The van der Waals surface area contributed by atoms with Gasteiger partial charge in [-0.1, -0.05) is 35.5 Å². The fourth-order valence-electron chi connectivity index (χ4n) is 2.28. The lowest BCUT2D eigenvalue weighted by Gasteiger charge is -2.07. The summed E-state index contributed by atoms with van der Waals surface area (Å²) >= 11 is 0. The average Bonchev–Trinajstić information content (AvgIpc) is 3.02. The molecule has 6 heteroatoms. The summed E-state index contributed by atoms with van der Waals surface area (Å²) in [5, 5.41) is 6.74. The van der Waals surface area contributed by atoms with Crippen molar-refractivity contribution >= 4 is 5.91 Å². The number of nitrogens with zero attached hydrogens (tertiary/aromatic N) is 2. The molecule has 0 fully saturated rings. The van der Waals surface area contributed by atoms with Crippen LogP contribution < -0.4 is 10.1 Å². The van der Waals surface area contributed by atoms with Gasteiger partial charge in [-0.3, -0.25) is 9.78 Å². The smallest absolute Gasteiger partial charge is 0.257 e. The molecule has 0 aliphatic heterocycles. The summed E-state index contributed by atoms with van der Waals surface area (Å²) in [6.07, 6.45) is 3.30. The summed E-state index contributed by atoms with van der Waals surface area (Å²) in [5.74, 6) is 0.902. The zero-order chi connectivity index (χ0) is 16.8. The summed E-state index contributed by atoms with van der Waals surface area (Å²) in [6.45, 7) is 2.46. The van der Waals surface area contributed by atoms with Crippen molar-refractivity contribution in [3.8, 4) is 17.1 Å². The number of aryl methyl sites for hydroxylation is 1. The average molecular weight is 323 g/mol. The second kappa shape index (κ2) is 7.41. The first-order valence-electron chi connectivity index (χ1n) is 7.58. The molecule has 122 valence electrons. The van der Waals surface area contributed by atoms with Crippen LogP contribution >= 0.6 is 0 Å². The number of carbonyl (C=O) groups excluding carboxylic acids is 1. The zero-order valence-corrected chi connectivity index (χ0v) is 13.2. The molecule has 6 nitrogen and oxygen atoms in total. The fraction of sp³-hybridized carbons (Fsp3) is 0.167. The number of carbonyl (C=O) groups is 1. The predicted molar refractivity (Wildman–Crippen MR) is 88.7 cm³/mol.